The molecule has 25 heavy (non-hydrogen) atoms. The van der Waals surface area contributed by atoms with Crippen molar-refractivity contribution in [3.05, 3.63) is 71.1 Å². The highest BCUT2D eigenvalue weighted by Gasteiger charge is 2.14. The second-order valence-corrected chi connectivity index (χ2v) is 6.27. The molecule has 0 N–H and O–H groups in total. The van der Waals surface area contributed by atoms with Crippen LogP contribution >= 0.6 is 0 Å². The Kier molecular flexibility index (Phi) is 4.06. The SMILES string of the molecule is COc1ccc2c(c1)C=C(c1cnnc(Cn3ccnc3C)c1)CC2. The minimum Gasteiger partial charge on any atom is -0.497 e. The van der Waals surface area contributed by atoms with Crippen LogP contribution < -0.4 is 4.74 Å². The fraction of sp³-hybridized carbons (Fsp3) is 0.250. The van der Waals surface area contributed by atoms with Crippen molar-refractivity contribution in [3.8, 4) is 5.75 Å². The third kappa shape index (κ3) is 3.18. The maximum atomic E-state index is 5.35. The summed E-state index contributed by atoms with van der Waals surface area (Å²) in [7, 11) is 1.70. The minimum absolute atomic E-state index is 0.685. The molecule has 1 aliphatic carbocycles. The Bertz CT molecular complexity index is 942. The second-order valence-electron chi connectivity index (χ2n) is 6.27. The zero-order chi connectivity index (χ0) is 17.2. The van der Waals surface area contributed by atoms with E-state index in [0.717, 1.165) is 35.7 Å². The Morgan fingerprint density at radius 2 is 2.12 bits per heavy atom. The first-order valence-electron chi connectivity index (χ1n) is 8.40. The van der Waals surface area contributed by atoms with Crippen molar-refractivity contribution in [3.63, 3.8) is 0 Å². The van der Waals surface area contributed by atoms with Gasteiger partial charge in [-0.2, -0.15) is 10.2 Å². The van der Waals surface area contributed by atoms with E-state index in [4.69, 9.17) is 4.74 Å². The first-order valence-corrected chi connectivity index (χ1v) is 8.40. The fourth-order valence-electron chi connectivity index (χ4n) is 3.23. The molecule has 0 spiro atoms. The number of hydrogen-bond acceptors (Lipinski definition) is 4. The highest BCUT2D eigenvalue weighted by atomic mass is 16.5. The van der Waals surface area contributed by atoms with Crippen molar-refractivity contribution in [2.75, 3.05) is 7.11 Å². The topological polar surface area (TPSA) is 52.8 Å². The van der Waals surface area contributed by atoms with Gasteiger partial charge in [0.25, 0.3) is 0 Å². The first-order chi connectivity index (χ1) is 12.2. The lowest BCUT2D eigenvalue weighted by atomic mass is 9.89. The van der Waals surface area contributed by atoms with Crippen LogP contribution in [0, 0.1) is 6.92 Å². The average molecular weight is 332 g/mol. The van der Waals surface area contributed by atoms with Crippen LogP contribution in [-0.4, -0.2) is 26.9 Å². The first kappa shape index (κ1) is 15.6. The van der Waals surface area contributed by atoms with Gasteiger partial charge < -0.3 is 9.30 Å². The van der Waals surface area contributed by atoms with Gasteiger partial charge in [0.05, 0.1) is 25.5 Å². The van der Waals surface area contributed by atoms with Gasteiger partial charge in [-0.1, -0.05) is 12.1 Å². The molecular weight excluding hydrogens is 312 g/mol. The van der Waals surface area contributed by atoms with Crippen molar-refractivity contribution >= 4 is 11.6 Å². The summed E-state index contributed by atoms with van der Waals surface area (Å²) < 4.78 is 7.42. The quantitative estimate of drug-likeness (QED) is 0.733. The number of aryl methyl sites for hydroxylation is 2. The number of methoxy groups -OCH3 is 1. The molecule has 5 nitrogen and oxygen atoms in total. The molecule has 1 aliphatic rings. The molecule has 126 valence electrons. The van der Waals surface area contributed by atoms with Crippen molar-refractivity contribution in [1.29, 1.82) is 0 Å². The van der Waals surface area contributed by atoms with E-state index in [0.29, 0.717) is 6.54 Å². The maximum absolute atomic E-state index is 5.35. The van der Waals surface area contributed by atoms with Gasteiger partial charge in [0.2, 0.25) is 0 Å². The summed E-state index contributed by atoms with van der Waals surface area (Å²) in [4.78, 5) is 4.26. The highest BCUT2D eigenvalue weighted by molar-refractivity contribution is 5.84. The van der Waals surface area contributed by atoms with Crippen LogP contribution in [0.2, 0.25) is 0 Å². The van der Waals surface area contributed by atoms with Gasteiger partial charge in [-0.25, -0.2) is 4.98 Å². The van der Waals surface area contributed by atoms with Crippen LogP contribution in [0.1, 0.15) is 34.6 Å². The second kappa shape index (κ2) is 6.51. The number of rotatable bonds is 4. The Labute approximate surface area is 147 Å². The third-order valence-electron chi connectivity index (χ3n) is 4.68. The van der Waals surface area contributed by atoms with Gasteiger partial charge >= 0.3 is 0 Å². The molecular formula is C20H20N4O. The number of aromatic nitrogens is 4. The molecule has 1 aromatic carbocycles. The summed E-state index contributed by atoms with van der Waals surface area (Å²) >= 11 is 0. The van der Waals surface area contributed by atoms with Crippen LogP contribution in [0.3, 0.4) is 0 Å². The number of nitrogens with zero attached hydrogens (tertiary/aromatic N) is 4. The molecule has 0 unspecified atom stereocenters. The number of benzene rings is 1. The summed E-state index contributed by atoms with van der Waals surface area (Å²) in [6, 6.07) is 8.40. The number of hydrogen-bond donors (Lipinski definition) is 0. The zero-order valence-electron chi connectivity index (χ0n) is 14.4. The van der Waals surface area contributed by atoms with Crippen LogP contribution in [0.4, 0.5) is 0 Å². The van der Waals surface area contributed by atoms with Crippen LogP contribution in [0.5, 0.6) is 5.75 Å². The molecule has 0 atom stereocenters. The predicted octanol–water partition coefficient (Wildman–Crippen LogP) is 3.53. The summed E-state index contributed by atoms with van der Waals surface area (Å²) in [6.07, 6.45) is 9.90. The van der Waals surface area contributed by atoms with Gasteiger partial charge in [0, 0.05) is 12.4 Å². The van der Waals surface area contributed by atoms with E-state index in [1.807, 2.05) is 25.4 Å². The van der Waals surface area contributed by atoms with Crippen molar-refractivity contribution < 1.29 is 4.74 Å². The van der Waals surface area contributed by atoms with Gasteiger partial charge in [0.1, 0.15) is 11.6 Å². The molecule has 0 fully saturated rings. The zero-order valence-corrected chi connectivity index (χ0v) is 14.4. The van der Waals surface area contributed by atoms with E-state index < -0.39 is 0 Å². The van der Waals surface area contributed by atoms with E-state index in [1.165, 1.54) is 16.7 Å². The number of fused-ring (bicyclic) bond motifs is 1. The monoisotopic (exact) mass is 332 g/mol. The van der Waals surface area contributed by atoms with Gasteiger partial charge in [-0.15, -0.1) is 0 Å². The number of imidazole rings is 1. The molecule has 2 heterocycles. The van der Waals surface area contributed by atoms with Gasteiger partial charge in [-0.3, -0.25) is 0 Å². The molecule has 0 bridgehead atoms. The molecule has 4 rings (SSSR count). The van der Waals surface area contributed by atoms with Crippen LogP contribution in [-0.2, 0) is 13.0 Å². The van der Waals surface area contributed by atoms with Gasteiger partial charge in [0.15, 0.2) is 0 Å². The largest absolute Gasteiger partial charge is 0.497 e. The molecule has 3 aromatic rings. The average Bonchev–Trinajstić information content (AvgIpc) is 3.05. The smallest absolute Gasteiger partial charge is 0.119 e. The normalized spacial score (nSPS) is 13.3. The maximum Gasteiger partial charge on any atom is 0.119 e. The number of ether oxygens (including phenoxy) is 1. The van der Waals surface area contributed by atoms with Crippen LogP contribution in [0.15, 0.2) is 42.9 Å². The summed E-state index contributed by atoms with van der Waals surface area (Å²) in [5, 5.41) is 8.49. The van der Waals surface area contributed by atoms with Crippen molar-refractivity contribution in [2.45, 2.75) is 26.3 Å². The Morgan fingerprint density at radius 3 is 2.92 bits per heavy atom. The molecule has 2 aromatic heterocycles. The lowest BCUT2D eigenvalue weighted by Gasteiger charge is -2.17. The Balaban J connectivity index is 1.64. The lowest BCUT2D eigenvalue weighted by molar-refractivity contribution is 0.414. The molecule has 0 amide bonds. The fourth-order valence-corrected chi connectivity index (χ4v) is 3.23. The molecule has 0 radical (unpaired) electrons. The van der Waals surface area contributed by atoms with Gasteiger partial charge in [-0.05, 0) is 60.2 Å². The van der Waals surface area contributed by atoms with E-state index in [-0.39, 0.29) is 0 Å². The molecule has 0 saturated carbocycles. The Hall–Kier alpha value is -2.95. The Morgan fingerprint density at radius 1 is 1.20 bits per heavy atom. The molecule has 0 saturated heterocycles. The highest BCUT2D eigenvalue weighted by Crippen LogP contribution is 2.32. The standard InChI is InChI=1S/C20H20N4O/c1-14-21-7-8-24(14)13-19-10-18(12-22-23-19)16-4-3-15-5-6-20(25-2)11-17(15)9-16/h5-12H,3-4,13H2,1-2H3. The summed E-state index contributed by atoms with van der Waals surface area (Å²) in [5.74, 6) is 1.87. The lowest BCUT2D eigenvalue weighted by Crippen LogP contribution is -2.05. The van der Waals surface area contributed by atoms with E-state index >= 15 is 0 Å². The van der Waals surface area contributed by atoms with Crippen molar-refractivity contribution in [2.24, 2.45) is 0 Å². The summed E-state index contributed by atoms with van der Waals surface area (Å²) in [5.41, 5.74) is 5.96. The van der Waals surface area contributed by atoms with E-state index in [9.17, 15) is 0 Å². The van der Waals surface area contributed by atoms with E-state index in [2.05, 4.69) is 44.0 Å². The van der Waals surface area contributed by atoms with Crippen molar-refractivity contribution in [1.82, 2.24) is 19.7 Å². The van der Waals surface area contributed by atoms with E-state index in [1.54, 1.807) is 13.3 Å². The van der Waals surface area contributed by atoms with Crippen LogP contribution in [0.25, 0.3) is 11.6 Å². The minimum atomic E-state index is 0.685. The predicted molar refractivity (Wildman–Crippen MR) is 97.3 cm³/mol. The summed E-state index contributed by atoms with van der Waals surface area (Å²) in [6.45, 7) is 2.68. The molecule has 0 aliphatic heterocycles. The third-order valence-corrected chi connectivity index (χ3v) is 4.68. The molecule has 5 heteroatoms. The number of allylic oxidation sites excluding steroid dienone is 1.